The summed E-state index contributed by atoms with van der Waals surface area (Å²) < 4.78 is 0. The minimum absolute atomic E-state index is 0.217. The van der Waals surface area contributed by atoms with Gasteiger partial charge in [-0.2, -0.15) is 0 Å². The molecule has 1 aliphatic rings. The molecule has 4 bridgehead atoms. The molecule has 3 rings (SSSR count). The van der Waals surface area contributed by atoms with Crippen molar-refractivity contribution >= 4 is 66.8 Å². The Labute approximate surface area is 226 Å². The predicted octanol–water partition coefficient (Wildman–Crippen LogP) is 3.08. The predicted molar refractivity (Wildman–Crippen MR) is 152 cm³/mol. The largest absolute Gasteiger partial charge is 0.351 e. The van der Waals surface area contributed by atoms with Crippen LogP contribution < -0.4 is 21.3 Å². The molecular weight excluding hydrogens is 537 g/mol. The Hall–Kier alpha value is -2.28. The van der Waals surface area contributed by atoms with E-state index in [2.05, 4.69) is 21.3 Å². The first-order valence-electron chi connectivity index (χ1n) is 11.4. The van der Waals surface area contributed by atoms with Crippen LogP contribution in [-0.4, -0.2) is 72.8 Å². The average molecular weight is 565 g/mol. The number of benzene rings is 2. The molecule has 0 saturated heterocycles. The van der Waals surface area contributed by atoms with Gasteiger partial charge in [0.25, 0.3) is 23.6 Å². The van der Waals surface area contributed by atoms with E-state index in [1.165, 1.54) is 0 Å². The standard InChI is InChI=1S/C24H28N4O4S4/c29-21-17-3-1-4-18(15-17)22(30)26-8-12-34-36-14-10-28-24(32)20-6-2-5-19(16-20)23(31)27-9-13-35-33-11-7-25-21/h1-6,15-16H,7-14H2,(H,25,29)(H,26,30)(H,27,31)(H,28,32). The van der Waals surface area contributed by atoms with Crippen molar-refractivity contribution in [3.63, 3.8) is 0 Å². The summed E-state index contributed by atoms with van der Waals surface area (Å²) in [5.41, 5.74) is 1.78. The van der Waals surface area contributed by atoms with Gasteiger partial charge in [0.05, 0.1) is 0 Å². The maximum atomic E-state index is 12.4. The van der Waals surface area contributed by atoms with E-state index < -0.39 is 0 Å². The molecule has 0 aromatic heterocycles. The van der Waals surface area contributed by atoms with Crippen molar-refractivity contribution in [1.82, 2.24) is 21.3 Å². The second-order valence-electron chi connectivity index (χ2n) is 7.47. The molecule has 2 aromatic carbocycles. The molecule has 4 N–H and O–H groups in total. The number of carbonyl (C=O) groups is 4. The highest BCUT2D eigenvalue weighted by Crippen LogP contribution is 2.20. The lowest BCUT2D eigenvalue weighted by molar-refractivity contribution is 0.0940. The summed E-state index contributed by atoms with van der Waals surface area (Å²) in [6, 6.07) is 13.3. The van der Waals surface area contributed by atoms with Crippen LogP contribution in [0.2, 0.25) is 0 Å². The van der Waals surface area contributed by atoms with Crippen molar-refractivity contribution in [3.05, 3.63) is 70.8 Å². The van der Waals surface area contributed by atoms with Gasteiger partial charge in [-0.1, -0.05) is 55.3 Å². The summed E-state index contributed by atoms with van der Waals surface area (Å²) in [7, 11) is 6.42. The molecule has 4 amide bonds. The lowest BCUT2D eigenvalue weighted by Crippen LogP contribution is -2.28. The van der Waals surface area contributed by atoms with Crippen LogP contribution in [0, 0.1) is 0 Å². The van der Waals surface area contributed by atoms with Crippen LogP contribution in [-0.2, 0) is 0 Å². The van der Waals surface area contributed by atoms with E-state index in [1.807, 2.05) is 0 Å². The van der Waals surface area contributed by atoms with Gasteiger partial charge in [-0.05, 0) is 36.4 Å². The monoisotopic (exact) mass is 564 g/mol. The normalized spacial score (nSPS) is 17.8. The van der Waals surface area contributed by atoms with Gasteiger partial charge in [0.15, 0.2) is 0 Å². The van der Waals surface area contributed by atoms with Gasteiger partial charge in [-0.25, -0.2) is 0 Å². The van der Waals surface area contributed by atoms with Crippen molar-refractivity contribution in [1.29, 1.82) is 0 Å². The van der Waals surface area contributed by atoms with Crippen LogP contribution in [0.5, 0.6) is 0 Å². The number of hydrogen-bond acceptors (Lipinski definition) is 8. The molecule has 12 heteroatoms. The van der Waals surface area contributed by atoms with E-state index in [9.17, 15) is 19.2 Å². The van der Waals surface area contributed by atoms with Crippen molar-refractivity contribution < 1.29 is 19.2 Å². The molecule has 0 radical (unpaired) electrons. The fourth-order valence-corrected chi connectivity index (χ4v) is 6.70. The van der Waals surface area contributed by atoms with Crippen molar-refractivity contribution in [2.24, 2.45) is 0 Å². The molecule has 1 aliphatic heterocycles. The molecule has 0 atom stereocenters. The van der Waals surface area contributed by atoms with Gasteiger partial charge in [0.1, 0.15) is 0 Å². The van der Waals surface area contributed by atoms with Crippen LogP contribution in [0.25, 0.3) is 0 Å². The summed E-state index contributed by atoms with van der Waals surface area (Å²) in [5, 5.41) is 11.5. The minimum Gasteiger partial charge on any atom is -0.351 e. The average Bonchev–Trinajstić information content (AvgIpc) is 2.90. The number of fused-ring (bicyclic) bond motifs is 4. The van der Waals surface area contributed by atoms with Crippen molar-refractivity contribution in [2.45, 2.75) is 0 Å². The smallest absolute Gasteiger partial charge is 0.251 e. The highest BCUT2D eigenvalue weighted by molar-refractivity contribution is 8.77. The van der Waals surface area contributed by atoms with E-state index >= 15 is 0 Å². The second kappa shape index (κ2) is 15.7. The van der Waals surface area contributed by atoms with Crippen LogP contribution in [0.3, 0.4) is 0 Å². The van der Waals surface area contributed by atoms with Gasteiger partial charge in [-0.15, -0.1) is 0 Å². The zero-order valence-corrected chi connectivity index (χ0v) is 22.8. The van der Waals surface area contributed by atoms with Crippen LogP contribution in [0.1, 0.15) is 41.4 Å². The summed E-state index contributed by atoms with van der Waals surface area (Å²) in [6.07, 6.45) is 0. The van der Waals surface area contributed by atoms with E-state index in [4.69, 9.17) is 0 Å². The third kappa shape index (κ3) is 9.64. The summed E-state index contributed by atoms with van der Waals surface area (Å²) in [6.45, 7) is 1.96. The zero-order chi connectivity index (χ0) is 25.6. The van der Waals surface area contributed by atoms with Crippen molar-refractivity contribution in [2.75, 3.05) is 49.2 Å². The van der Waals surface area contributed by atoms with Gasteiger partial charge in [0, 0.05) is 71.4 Å². The maximum absolute atomic E-state index is 12.4. The fraction of sp³-hybridized carbons (Fsp3) is 0.333. The lowest BCUT2D eigenvalue weighted by Gasteiger charge is -2.09. The number of nitrogens with one attached hydrogen (secondary N) is 4. The van der Waals surface area contributed by atoms with E-state index in [1.54, 1.807) is 91.7 Å². The zero-order valence-electron chi connectivity index (χ0n) is 19.5. The van der Waals surface area contributed by atoms with Gasteiger partial charge >= 0.3 is 0 Å². The van der Waals surface area contributed by atoms with E-state index in [0.717, 1.165) is 0 Å². The summed E-state index contributed by atoms with van der Waals surface area (Å²) >= 11 is 0. The third-order valence-electron chi connectivity index (χ3n) is 4.82. The first-order chi connectivity index (χ1) is 17.5. The summed E-state index contributed by atoms with van der Waals surface area (Å²) in [4.78, 5) is 49.7. The Bertz CT molecular complexity index is 912. The Morgan fingerprint density at radius 1 is 0.444 bits per heavy atom. The van der Waals surface area contributed by atoms with E-state index in [0.29, 0.717) is 71.4 Å². The summed E-state index contributed by atoms with van der Waals surface area (Å²) in [5.74, 6) is 1.95. The molecule has 192 valence electrons. The molecule has 8 nitrogen and oxygen atoms in total. The molecule has 2 aromatic rings. The van der Waals surface area contributed by atoms with Crippen LogP contribution >= 0.6 is 43.2 Å². The Morgan fingerprint density at radius 2 is 0.694 bits per heavy atom. The number of carbonyl (C=O) groups excluding carboxylic acids is 4. The Balaban J connectivity index is 1.56. The number of hydrogen-bond donors (Lipinski definition) is 4. The SMILES string of the molecule is O=C1NCCSSCCNC(=O)c2cccc(c2)C(=O)NCCSSCCNC(=O)c2cccc1c2. The highest BCUT2D eigenvalue weighted by Gasteiger charge is 2.12. The maximum Gasteiger partial charge on any atom is 0.251 e. The van der Waals surface area contributed by atoms with E-state index in [-0.39, 0.29) is 23.6 Å². The fourth-order valence-electron chi connectivity index (χ4n) is 3.07. The first kappa shape index (κ1) is 28.3. The van der Waals surface area contributed by atoms with Gasteiger partial charge in [-0.3, -0.25) is 19.2 Å². The molecule has 0 saturated carbocycles. The second-order valence-corrected chi connectivity index (χ2v) is 12.9. The molecule has 36 heavy (non-hydrogen) atoms. The Kier molecular flexibility index (Phi) is 12.4. The first-order valence-corrected chi connectivity index (χ1v) is 16.3. The molecule has 0 fully saturated rings. The van der Waals surface area contributed by atoms with Crippen LogP contribution in [0.15, 0.2) is 48.5 Å². The van der Waals surface area contributed by atoms with Crippen LogP contribution in [0.4, 0.5) is 0 Å². The van der Waals surface area contributed by atoms with Crippen molar-refractivity contribution in [3.8, 4) is 0 Å². The quantitative estimate of drug-likeness (QED) is 0.361. The highest BCUT2D eigenvalue weighted by atomic mass is 33.1. The topological polar surface area (TPSA) is 116 Å². The lowest BCUT2D eigenvalue weighted by atomic mass is 10.1. The molecular formula is C24H28N4O4S4. The molecule has 0 spiro atoms. The minimum atomic E-state index is -0.217. The molecule has 1 heterocycles. The molecule has 0 aliphatic carbocycles. The van der Waals surface area contributed by atoms with Gasteiger partial charge < -0.3 is 21.3 Å². The third-order valence-corrected chi connectivity index (χ3v) is 9.64. The van der Waals surface area contributed by atoms with Gasteiger partial charge in [0.2, 0.25) is 0 Å². The number of amides is 4. The number of rotatable bonds is 0. The molecule has 0 unspecified atom stereocenters. The Morgan fingerprint density at radius 3 is 0.944 bits per heavy atom.